The van der Waals surface area contributed by atoms with Gasteiger partial charge in [-0.2, -0.15) is 0 Å². The molecule has 0 aliphatic carbocycles. The van der Waals surface area contributed by atoms with Gasteiger partial charge in [-0.25, -0.2) is 0 Å². The molecular formula is C7H15NO4S. The van der Waals surface area contributed by atoms with Crippen molar-refractivity contribution in [3.63, 3.8) is 0 Å². The van der Waals surface area contributed by atoms with E-state index in [1.807, 2.05) is 0 Å². The molecule has 0 amide bonds. The molecule has 0 bridgehead atoms. The highest BCUT2D eigenvalue weighted by molar-refractivity contribution is 7.99. The average Bonchev–Trinajstić information content (AvgIpc) is 2.15. The van der Waals surface area contributed by atoms with Crippen LogP contribution < -0.4 is 5.73 Å². The number of thioether (sulfide) groups is 1. The van der Waals surface area contributed by atoms with Crippen LogP contribution in [-0.2, 0) is 4.74 Å². The van der Waals surface area contributed by atoms with Gasteiger partial charge < -0.3 is 25.8 Å². The van der Waals surface area contributed by atoms with E-state index in [2.05, 4.69) is 0 Å². The molecule has 5 N–H and O–H groups in total. The van der Waals surface area contributed by atoms with E-state index in [4.69, 9.17) is 15.6 Å². The summed E-state index contributed by atoms with van der Waals surface area (Å²) < 4.78 is 5.26. The highest BCUT2D eigenvalue weighted by Crippen LogP contribution is 2.25. The van der Waals surface area contributed by atoms with Crippen molar-refractivity contribution in [1.82, 2.24) is 0 Å². The Hall–Kier alpha value is 0.150. The molecule has 1 heterocycles. The Morgan fingerprint density at radius 2 is 2.00 bits per heavy atom. The van der Waals surface area contributed by atoms with Crippen molar-refractivity contribution in [2.75, 3.05) is 12.9 Å². The van der Waals surface area contributed by atoms with Gasteiger partial charge in [0.15, 0.2) is 0 Å². The zero-order chi connectivity index (χ0) is 10.0. The number of aliphatic hydroxyl groups is 3. The molecule has 0 aromatic rings. The third-order valence-electron chi connectivity index (χ3n) is 2.16. The second kappa shape index (κ2) is 4.59. The molecule has 2 unspecified atom stereocenters. The summed E-state index contributed by atoms with van der Waals surface area (Å²) in [6.45, 7) is -0.317. The normalized spacial score (nSPS) is 46.4. The lowest BCUT2D eigenvalue weighted by molar-refractivity contribution is -0.165. The summed E-state index contributed by atoms with van der Waals surface area (Å²) in [5, 5.41) is 27.7. The van der Waals surface area contributed by atoms with Crippen LogP contribution >= 0.6 is 11.8 Å². The number of ether oxygens (including phenoxy) is 1. The Morgan fingerprint density at radius 1 is 1.38 bits per heavy atom. The van der Waals surface area contributed by atoms with Gasteiger partial charge in [0.1, 0.15) is 23.7 Å². The Balaban J connectivity index is 2.66. The molecule has 0 saturated carbocycles. The van der Waals surface area contributed by atoms with Crippen LogP contribution in [0.1, 0.15) is 0 Å². The van der Waals surface area contributed by atoms with Crippen LogP contribution in [-0.4, -0.2) is 58.0 Å². The van der Waals surface area contributed by atoms with Gasteiger partial charge >= 0.3 is 0 Å². The standard InChI is InChI=1S/C7H15NO4S/c1-13-7-4(8)6(11)5(10)3(2-9)12-7/h3-7,9-11H,2,8H2,1H3/t3?,4?,5-,6-,7+/m1/s1. The number of hydrogen-bond donors (Lipinski definition) is 4. The fraction of sp³-hybridized carbons (Fsp3) is 1.00. The number of hydrogen-bond acceptors (Lipinski definition) is 6. The minimum atomic E-state index is -1.11. The molecule has 13 heavy (non-hydrogen) atoms. The maximum absolute atomic E-state index is 9.47. The summed E-state index contributed by atoms with van der Waals surface area (Å²) in [7, 11) is 0. The van der Waals surface area contributed by atoms with E-state index in [1.54, 1.807) is 6.26 Å². The van der Waals surface area contributed by atoms with Crippen molar-refractivity contribution >= 4 is 11.8 Å². The lowest BCUT2D eigenvalue weighted by atomic mass is 9.99. The van der Waals surface area contributed by atoms with Gasteiger partial charge in [-0.15, -0.1) is 11.8 Å². The van der Waals surface area contributed by atoms with Gasteiger partial charge in [-0.3, -0.25) is 0 Å². The van der Waals surface area contributed by atoms with E-state index in [0.717, 1.165) is 0 Å². The third kappa shape index (κ3) is 2.15. The van der Waals surface area contributed by atoms with Crippen molar-refractivity contribution in [3.05, 3.63) is 0 Å². The van der Waals surface area contributed by atoms with Gasteiger partial charge in [0.05, 0.1) is 12.6 Å². The Kier molecular flexibility index (Phi) is 3.96. The van der Waals surface area contributed by atoms with Gasteiger partial charge in [-0.1, -0.05) is 0 Å². The SMILES string of the molecule is CS[C@@H]1OC(CO)[C@@H](O)[C@H](O)C1N. The predicted octanol–water partition coefficient (Wildman–Crippen LogP) is -1.88. The summed E-state index contributed by atoms with van der Waals surface area (Å²) in [4.78, 5) is 0. The number of rotatable bonds is 2. The van der Waals surface area contributed by atoms with Crippen molar-refractivity contribution in [2.45, 2.75) is 29.8 Å². The molecule has 5 nitrogen and oxygen atoms in total. The van der Waals surface area contributed by atoms with E-state index < -0.39 is 24.4 Å². The molecule has 1 aliphatic heterocycles. The first kappa shape index (κ1) is 11.2. The molecule has 6 heteroatoms. The van der Waals surface area contributed by atoms with Crippen molar-refractivity contribution in [3.8, 4) is 0 Å². The van der Waals surface area contributed by atoms with E-state index in [1.165, 1.54) is 11.8 Å². The maximum atomic E-state index is 9.47. The van der Waals surface area contributed by atoms with Crippen LogP contribution in [0.15, 0.2) is 0 Å². The monoisotopic (exact) mass is 209 g/mol. The Labute approximate surface area is 80.9 Å². The fourth-order valence-electron chi connectivity index (χ4n) is 1.32. The second-order valence-corrected chi connectivity index (χ2v) is 3.96. The summed E-state index contributed by atoms with van der Waals surface area (Å²) in [5.74, 6) is 0. The van der Waals surface area contributed by atoms with Gasteiger partial charge in [0.2, 0.25) is 0 Å². The molecule has 0 aromatic carbocycles. The molecule has 0 radical (unpaired) electrons. The van der Waals surface area contributed by atoms with Crippen LogP contribution in [0.3, 0.4) is 0 Å². The van der Waals surface area contributed by atoms with Crippen LogP contribution in [0.5, 0.6) is 0 Å². The number of nitrogens with two attached hydrogens (primary N) is 1. The van der Waals surface area contributed by atoms with E-state index in [0.29, 0.717) is 0 Å². The van der Waals surface area contributed by atoms with Gasteiger partial charge in [0, 0.05) is 0 Å². The van der Waals surface area contributed by atoms with Crippen LogP contribution in [0.25, 0.3) is 0 Å². The van der Waals surface area contributed by atoms with Crippen molar-refractivity contribution in [2.24, 2.45) is 5.73 Å². The fourth-order valence-corrected chi connectivity index (χ4v) is 2.04. The molecule has 78 valence electrons. The molecule has 0 aromatic heterocycles. The Morgan fingerprint density at radius 3 is 2.46 bits per heavy atom. The molecule has 1 aliphatic rings. The van der Waals surface area contributed by atoms with E-state index in [-0.39, 0.29) is 12.0 Å². The molecule has 1 rings (SSSR count). The largest absolute Gasteiger partial charge is 0.394 e. The average molecular weight is 209 g/mol. The minimum Gasteiger partial charge on any atom is -0.394 e. The van der Waals surface area contributed by atoms with Crippen LogP contribution in [0, 0.1) is 0 Å². The summed E-state index contributed by atoms with van der Waals surface area (Å²) in [5.41, 5.74) is 5.22. The molecule has 0 spiro atoms. The lowest BCUT2D eigenvalue weighted by Crippen LogP contribution is -2.60. The second-order valence-electron chi connectivity index (χ2n) is 3.02. The molecule has 1 fully saturated rings. The van der Waals surface area contributed by atoms with Crippen LogP contribution in [0.2, 0.25) is 0 Å². The first-order valence-electron chi connectivity index (χ1n) is 4.02. The van der Waals surface area contributed by atoms with Gasteiger partial charge in [0.25, 0.3) is 0 Å². The minimum absolute atomic E-state index is 0.317. The number of aliphatic hydroxyl groups excluding tert-OH is 3. The molecular weight excluding hydrogens is 194 g/mol. The topological polar surface area (TPSA) is 95.9 Å². The summed E-state index contributed by atoms with van der Waals surface area (Å²) in [6.07, 6.45) is -1.09. The zero-order valence-electron chi connectivity index (χ0n) is 7.33. The smallest absolute Gasteiger partial charge is 0.121 e. The summed E-state index contributed by atoms with van der Waals surface area (Å²) in [6, 6.07) is -0.618. The molecule has 5 atom stereocenters. The third-order valence-corrected chi connectivity index (χ3v) is 3.05. The van der Waals surface area contributed by atoms with E-state index in [9.17, 15) is 10.2 Å². The predicted molar refractivity (Wildman–Crippen MR) is 49.3 cm³/mol. The molecule has 1 saturated heterocycles. The summed E-state index contributed by atoms with van der Waals surface area (Å²) >= 11 is 1.35. The first-order chi connectivity index (χ1) is 6.11. The van der Waals surface area contributed by atoms with E-state index >= 15 is 0 Å². The highest BCUT2D eigenvalue weighted by atomic mass is 32.2. The van der Waals surface area contributed by atoms with Crippen molar-refractivity contribution in [1.29, 1.82) is 0 Å². The lowest BCUT2D eigenvalue weighted by Gasteiger charge is -2.39. The quantitative estimate of drug-likeness (QED) is 0.425. The van der Waals surface area contributed by atoms with Crippen molar-refractivity contribution < 1.29 is 20.1 Å². The highest BCUT2D eigenvalue weighted by Gasteiger charge is 2.41. The maximum Gasteiger partial charge on any atom is 0.121 e. The van der Waals surface area contributed by atoms with Crippen LogP contribution in [0.4, 0.5) is 0 Å². The van der Waals surface area contributed by atoms with Gasteiger partial charge in [-0.05, 0) is 6.26 Å². The zero-order valence-corrected chi connectivity index (χ0v) is 8.15. The Bertz CT molecular complexity index is 151. The first-order valence-corrected chi connectivity index (χ1v) is 5.31.